The summed E-state index contributed by atoms with van der Waals surface area (Å²) in [6.45, 7) is 2.48. The van der Waals surface area contributed by atoms with Gasteiger partial charge in [-0.25, -0.2) is 4.98 Å². The summed E-state index contributed by atoms with van der Waals surface area (Å²) in [6, 6.07) is 12.7. The van der Waals surface area contributed by atoms with Crippen molar-refractivity contribution in [2.24, 2.45) is 0 Å². The summed E-state index contributed by atoms with van der Waals surface area (Å²) in [6.07, 6.45) is 1.71. The number of benzene rings is 1. The molecule has 2 aromatic heterocycles. The van der Waals surface area contributed by atoms with Crippen LogP contribution < -0.4 is 10.9 Å². The molecular weight excluding hydrogens is 286 g/mol. The van der Waals surface area contributed by atoms with Crippen LogP contribution in [0.1, 0.15) is 11.3 Å². The Labute approximate surface area is 127 Å². The van der Waals surface area contributed by atoms with Crippen molar-refractivity contribution in [1.82, 2.24) is 9.38 Å². The Morgan fingerprint density at radius 2 is 2.10 bits per heavy atom. The van der Waals surface area contributed by atoms with Crippen molar-refractivity contribution in [3.63, 3.8) is 0 Å². The van der Waals surface area contributed by atoms with Gasteiger partial charge in [-0.1, -0.05) is 23.7 Å². The van der Waals surface area contributed by atoms with Crippen molar-refractivity contribution < 1.29 is 0 Å². The smallest absolute Gasteiger partial charge is 0.258 e. The first-order valence-electron chi connectivity index (χ1n) is 6.61. The third kappa shape index (κ3) is 2.90. The molecule has 4 nitrogen and oxygen atoms in total. The molecule has 0 aliphatic heterocycles. The Kier molecular flexibility index (Phi) is 3.62. The van der Waals surface area contributed by atoms with Gasteiger partial charge in [0.1, 0.15) is 5.65 Å². The zero-order valence-electron chi connectivity index (χ0n) is 11.5. The van der Waals surface area contributed by atoms with E-state index in [0.717, 1.165) is 11.3 Å². The first-order chi connectivity index (χ1) is 10.1. The summed E-state index contributed by atoms with van der Waals surface area (Å²) in [5, 5.41) is 3.94. The Bertz CT molecular complexity index is 858. The van der Waals surface area contributed by atoms with Crippen LogP contribution >= 0.6 is 11.6 Å². The fraction of sp³-hybridized carbons (Fsp3) is 0.125. The predicted octanol–water partition coefficient (Wildman–Crippen LogP) is 3.27. The number of aryl methyl sites for hydroxylation is 1. The van der Waals surface area contributed by atoms with E-state index in [1.807, 2.05) is 43.3 Å². The van der Waals surface area contributed by atoms with E-state index in [1.165, 1.54) is 4.40 Å². The number of pyridine rings is 1. The second-order valence-corrected chi connectivity index (χ2v) is 5.26. The minimum absolute atomic E-state index is 0.0831. The lowest BCUT2D eigenvalue weighted by molar-refractivity contribution is 0.970. The Morgan fingerprint density at radius 3 is 2.95 bits per heavy atom. The topological polar surface area (TPSA) is 46.4 Å². The highest BCUT2D eigenvalue weighted by Crippen LogP contribution is 2.20. The normalized spacial score (nSPS) is 10.8. The fourth-order valence-electron chi connectivity index (χ4n) is 2.16. The molecule has 106 valence electrons. The molecule has 3 rings (SSSR count). The van der Waals surface area contributed by atoms with Crippen LogP contribution in [0.25, 0.3) is 5.65 Å². The third-order valence-corrected chi connectivity index (χ3v) is 3.52. The van der Waals surface area contributed by atoms with Gasteiger partial charge >= 0.3 is 0 Å². The maximum Gasteiger partial charge on any atom is 0.258 e. The molecule has 1 aromatic carbocycles. The van der Waals surface area contributed by atoms with Crippen molar-refractivity contribution in [1.29, 1.82) is 0 Å². The molecule has 2 heterocycles. The number of aromatic nitrogens is 2. The van der Waals surface area contributed by atoms with Gasteiger partial charge in [0, 0.05) is 23.0 Å². The number of anilines is 1. The standard InChI is InChI=1S/C16H14ClN3O/c1-11-5-6-12(17)8-14(11)18-10-13-9-16(21)20-7-3-2-4-15(20)19-13/h2-9,18H,10H2,1H3. The lowest BCUT2D eigenvalue weighted by atomic mass is 10.2. The van der Waals surface area contributed by atoms with Crippen molar-refractivity contribution in [2.45, 2.75) is 13.5 Å². The van der Waals surface area contributed by atoms with Crippen LogP contribution in [-0.4, -0.2) is 9.38 Å². The van der Waals surface area contributed by atoms with E-state index in [4.69, 9.17) is 11.6 Å². The van der Waals surface area contributed by atoms with Gasteiger partial charge in [0.2, 0.25) is 0 Å². The van der Waals surface area contributed by atoms with Crippen LogP contribution in [0.2, 0.25) is 5.02 Å². The first kappa shape index (κ1) is 13.6. The highest BCUT2D eigenvalue weighted by molar-refractivity contribution is 6.30. The number of hydrogen-bond acceptors (Lipinski definition) is 3. The van der Waals surface area contributed by atoms with Crippen molar-refractivity contribution >= 4 is 22.9 Å². The predicted molar refractivity (Wildman–Crippen MR) is 85.0 cm³/mol. The van der Waals surface area contributed by atoms with Gasteiger partial charge in [0.15, 0.2) is 0 Å². The molecule has 0 aliphatic rings. The summed E-state index contributed by atoms with van der Waals surface area (Å²) in [5.74, 6) is 0. The number of nitrogens with zero attached hydrogens (tertiary/aromatic N) is 2. The van der Waals surface area contributed by atoms with Gasteiger partial charge in [-0.2, -0.15) is 0 Å². The van der Waals surface area contributed by atoms with E-state index in [0.29, 0.717) is 22.9 Å². The van der Waals surface area contributed by atoms with Crippen LogP contribution in [0.15, 0.2) is 53.5 Å². The molecule has 3 aromatic rings. The number of fused-ring (bicyclic) bond motifs is 1. The average molecular weight is 300 g/mol. The number of nitrogens with one attached hydrogen (secondary N) is 1. The van der Waals surface area contributed by atoms with Gasteiger partial charge in [-0.05, 0) is 36.8 Å². The molecule has 0 saturated heterocycles. The Hall–Kier alpha value is -2.33. The summed E-state index contributed by atoms with van der Waals surface area (Å²) >= 11 is 5.99. The lowest BCUT2D eigenvalue weighted by Crippen LogP contribution is -2.16. The molecule has 0 spiro atoms. The van der Waals surface area contributed by atoms with E-state index in [-0.39, 0.29) is 5.56 Å². The summed E-state index contributed by atoms with van der Waals surface area (Å²) in [7, 11) is 0. The van der Waals surface area contributed by atoms with Crippen LogP contribution in [-0.2, 0) is 6.54 Å². The number of rotatable bonds is 3. The van der Waals surface area contributed by atoms with E-state index >= 15 is 0 Å². The molecule has 0 atom stereocenters. The van der Waals surface area contributed by atoms with E-state index in [9.17, 15) is 4.79 Å². The number of hydrogen-bond donors (Lipinski definition) is 1. The highest BCUT2D eigenvalue weighted by atomic mass is 35.5. The Morgan fingerprint density at radius 1 is 1.24 bits per heavy atom. The summed E-state index contributed by atoms with van der Waals surface area (Å²) in [4.78, 5) is 16.5. The molecular formula is C16H14ClN3O. The molecule has 5 heteroatoms. The summed E-state index contributed by atoms with van der Waals surface area (Å²) in [5.41, 5.74) is 3.30. The van der Waals surface area contributed by atoms with Gasteiger partial charge < -0.3 is 5.32 Å². The fourth-order valence-corrected chi connectivity index (χ4v) is 2.34. The Balaban J connectivity index is 1.88. The largest absolute Gasteiger partial charge is 0.379 e. The molecule has 0 fully saturated rings. The van der Waals surface area contributed by atoms with E-state index < -0.39 is 0 Å². The van der Waals surface area contributed by atoms with E-state index in [2.05, 4.69) is 10.3 Å². The minimum Gasteiger partial charge on any atom is -0.379 e. The van der Waals surface area contributed by atoms with Crippen molar-refractivity contribution in [3.05, 3.63) is 75.3 Å². The molecule has 0 saturated carbocycles. The SMILES string of the molecule is Cc1ccc(Cl)cc1NCc1cc(=O)n2ccccc2n1. The van der Waals surface area contributed by atoms with Crippen molar-refractivity contribution in [2.75, 3.05) is 5.32 Å². The number of halogens is 1. The van der Waals surface area contributed by atoms with Crippen LogP contribution in [0.5, 0.6) is 0 Å². The zero-order valence-corrected chi connectivity index (χ0v) is 12.3. The van der Waals surface area contributed by atoms with Gasteiger partial charge in [-0.15, -0.1) is 0 Å². The van der Waals surface area contributed by atoms with Gasteiger partial charge in [0.05, 0.1) is 12.2 Å². The molecule has 1 N–H and O–H groups in total. The van der Waals surface area contributed by atoms with Crippen LogP contribution in [0.3, 0.4) is 0 Å². The highest BCUT2D eigenvalue weighted by Gasteiger charge is 2.03. The average Bonchev–Trinajstić information content (AvgIpc) is 2.48. The maximum absolute atomic E-state index is 12.0. The summed E-state index contributed by atoms with van der Waals surface area (Å²) < 4.78 is 1.52. The monoisotopic (exact) mass is 299 g/mol. The minimum atomic E-state index is -0.0831. The molecule has 0 unspecified atom stereocenters. The van der Waals surface area contributed by atoms with Crippen LogP contribution in [0, 0.1) is 6.92 Å². The quantitative estimate of drug-likeness (QED) is 0.807. The molecule has 0 amide bonds. The third-order valence-electron chi connectivity index (χ3n) is 3.28. The lowest BCUT2D eigenvalue weighted by Gasteiger charge is -2.10. The maximum atomic E-state index is 12.0. The molecule has 0 bridgehead atoms. The second-order valence-electron chi connectivity index (χ2n) is 4.83. The molecule has 0 radical (unpaired) electrons. The van der Waals surface area contributed by atoms with Gasteiger partial charge in [0.25, 0.3) is 5.56 Å². The molecule has 21 heavy (non-hydrogen) atoms. The van der Waals surface area contributed by atoms with Gasteiger partial charge in [-0.3, -0.25) is 9.20 Å². The van der Waals surface area contributed by atoms with E-state index in [1.54, 1.807) is 12.3 Å². The zero-order chi connectivity index (χ0) is 14.8. The molecule has 0 aliphatic carbocycles. The van der Waals surface area contributed by atoms with Crippen molar-refractivity contribution in [3.8, 4) is 0 Å². The van der Waals surface area contributed by atoms with Crippen LogP contribution in [0.4, 0.5) is 5.69 Å². The first-order valence-corrected chi connectivity index (χ1v) is 6.98. The second kappa shape index (κ2) is 5.58.